The minimum atomic E-state index is -0.751. The van der Waals surface area contributed by atoms with Crippen LogP contribution in [0.25, 0.3) is 11.0 Å². The lowest BCUT2D eigenvalue weighted by Crippen LogP contribution is -2.39. The van der Waals surface area contributed by atoms with Crippen LogP contribution < -0.4 is 10.4 Å². The lowest BCUT2D eigenvalue weighted by molar-refractivity contribution is 0.170. The summed E-state index contributed by atoms with van der Waals surface area (Å²) < 4.78 is 25.5. The number of hydrogen-bond donors (Lipinski definition) is 1. The third-order valence-corrected chi connectivity index (χ3v) is 5.13. The molecular formula is C21H25N3O3. The Morgan fingerprint density at radius 1 is 1.26 bits per heavy atom. The standard InChI is InChI=1S/C21H25N3O3/c1-22-20-18(6-3-7-19(20)25)24(21(22)26)16-5-4-12-23(14-16)13-15-8-10-17(27-2)11-9-15/h3,6-11,16,25H,4-5,12-14H2,1-2H3/i12D,14D. The number of methoxy groups -OCH3 is 1. The zero-order valence-electron chi connectivity index (χ0n) is 17.5. The van der Waals surface area contributed by atoms with E-state index in [1.807, 2.05) is 29.2 Å². The number of rotatable bonds is 4. The molecule has 0 amide bonds. The Balaban J connectivity index is 1.69. The monoisotopic (exact) mass is 369 g/mol. The number of ether oxygens (including phenoxy) is 1. The molecule has 6 heteroatoms. The van der Waals surface area contributed by atoms with Gasteiger partial charge in [0.25, 0.3) is 0 Å². The van der Waals surface area contributed by atoms with Crippen LogP contribution in [-0.4, -0.2) is 39.3 Å². The molecule has 3 aromatic rings. The molecule has 3 unspecified atom stereocenters. The van der Waals surface area contributed by atoms with Crippen LogP contribution in [0.5, 0.6) is 11.5 Å². The lowest BCUT2D eigenvalue weighted by atomic mass is 10.0. The van der Waals surface area contributed by atoms with Crippen LogP contribution in [0.2, 0.25) is 0 Å². The van der Waals surface area contributed by atoms with E-state index in [4.69, 9.17) is 7.48 Å². The van der Waals surface area contributed by atoms with E-state index in [2.05, 4.69) is 0 Å². The Kier molecular flexibility index (Phi) is 4.04. The largest absolute Gasteiger partial charge is 0.506 e. The molecule has 0 bridgehead atoms. The molecule has 2 aromatic carbocycles. The van der Waals surface area contributed by atoms with Crippen molar-refractivity contribution in [2.45, 2.75) is 25.4 Å². The van der Waals surface area contributed by atoms with Gasteiger partial charge in [0.05, 0.1) is 18.7 Å². The van der Waals surface area contributed by atoms with E-state index in [0.29, 0.717) is 30.4 Å². The summed E-state index contributed by atoms with van der Waals surface area (Å²) in [5.74, 6) is 0.809. The van der Waals surface area contributed by atoms with E-state index < -0.39 is 19.1 Å². The minimum Gasteiger partial charge on any atom is -0.506 e. The second-order valence-corrected chi connectivity index (χ2v) is 6.85. The number of phenols is 1. The SMILES string of the molecule is [2H]C1CCC(n2c(=O)n(C)c3c(O)cccc32)C([2H])N1Cc1ccc(OC)cc1. The number of para-hydroxylation sites is 1. The minimum absolute atomic E-state index is 0.0478. The molecule has 1 fully saturated rings. The first-order valence-electron chi connectivity index (χ1n) is 10.2. The van der Waals surface area contributed by atoms with Gasteiger partial charge in [-0.15, -0.1) is 0 Å². The smallest absolute Gasteiger partial charge is 0.329 e. The highest BCUT2D eigenvalue weighted by Gasteiger charge is 2.26. The first-order valence-corrected chi connectivity index (χ1v) is 9.04. The van der Waals surface area contributed by atoms with Crippen molar-refractivity contribution >= 4 is 11.0 Å². The number of nitrogens with zero attached hydrogens (tertiary/aromatic N) is 3. The lowest BCUT2D eigenvalue weighted by Gasteiger charge is -2.33. The molecule has 1 aliphatic heterocycles. The number of piperidine rings is 1. The second-order valence-electron chi connectivity index (χ2n) is 6.85. The number of imidazole rings is 1. The number of aromatic hydroxyl groups is 1. The predicted molar refractivity (Wildman–Crippen MR) is 105 cm³/mol. The number of benzene rings is 2. The summed E-state index contributed by atoms with van der Waals surface area (Å²) in [6.45, 7) is -0.804. The molecule has 27 heavy (non-hydrogen) atoms. The van der Waals surface area contributed by atoms with Crippen LogP contribution in [-0.2, 0) is 13.6 Å². The topological polar surface area (TPSA) is 59.6 Å². The molecular weight excluding hydrogens is 342 g/mol. The van der Waals surface area contributed by atoms with Crippen LogP contribution in [0.3, 0.4) is 0 Å². The molecule has 0 aliphatic carbocycles. The Labute approximate surface area is 161 Å². The van der Waals surface area contributed by atoms with Gasteiger partial charge in [-0.3, -0.25) is 14.0 Å². The summed E-state index contributed by atoms with van der Waals surface area (Å²) in [4.78, 5) is 14.8. The maximum absolute atomic E-state index is 13.0. The Morgan fingerprint density at radius 3 is 2.78 bits per heavy atom. The van der Waals surface area contributed by atoms with Gasteiger partial charge in [0.2, 0.25) is 0 Å². The summed E-state index contributed by atoms with van der Waals surface area (Å²) in [7, 11) is 3.24. The quantitative estimate of drug-likeness (QED) is 0.768. The molecule has 1 aliphatic rings. The molecule has 1 aromatic heterocycles. The van der Waals surface area contributed by atoms with Gasteiger partial charge in [-0.1, -0.05) is 18.2 Å². The van der Waals surface area contributed by atoms with Crippen LogP contribution in [0.15, 0.2) is 47.3 Å². The molecule has 6 nitrogen and oxygen atoms in total. The molecule has 0 spiro atoms. The first kappa shape index (κ1) is 15.3. The number of aromatic nitrogens is 2. The van der Waals surface area contributed by atoms with Crippen molar-refractivity contribution in [1.29, 1.82) is 0 Å². The van der Waals surface area contributed by atoms with Crippen LogP contribution in [0.1, 0.15) is 27.2 Å². The van der Waals surface area contributed by atoms with Crippen molar-refractivity contribution in [2.24, 2.45) is 7.05 Å². The van der Waals surface area contributed by atoms with Gasteiger partial charge in [-0.2, -0.15) is 0 Å². The number of fused-ring (bicyclic) bond motifs is 1. The summed E-state index contributed by atoms with van der Waals surface area (Å²) in [6.07, 6.45) is 1.13. The summed E-state index contributed by atoms with van der Waals surface area (Å²) in [6, 6.07) is 12.3. The molecule has 0 saturated carbocycles. The van der Waals surface area contributed by atoms with Gasteiger partial charge >= 0.3 is 5.69 Å². The first-order chi connectivity index (χ1) is 13.9. The van der Waals surface area contributed by atoms with Crippen molar-refractivity contribution in [3.63, 3.8) is 0 Å². The van der Waals surface area contributed by atoms with Gasteiger partial charge in [-0.25, -0.2) is 4.79 Å². The van der Waals surface area contributed by atoms with E-state index in [-0.39, 0.29) is 11.4 Å². The van der Waals surface area contributed by atoms with Gasteiger partial charge in [0.15, 0.2) is 0 Å². The van der Waals surface area contributed by atoms with Crippen molar-refractivity contribution < 1.29 is 12.6 Å². The molecule has 2 heterocycles. The predicted octanol–water partition coefficient (Wildman–Crippen LogP) is 2.89. The number of hydrogen-bond acceptors (Lipinski definition) is 4. The van der Waals surface area contributed by atoms with Gasteiger partial charge in [0, 0.05) is 22.9 Å². The highest BCUT2D eigenvalue weighted by molar-refractivity contribution is 5.82. The highest BCUT2D eigenvalue weighted by atomic mass is 16.5. The average Bonchev–Trinajstić information content (AvgIpc) is 2.97. The highest BCUT2D eigenvalue weighted by Crippen LogP contribution is 2.29. The van der Waals surface area contributed by atoms with Gasteiger partial charge in [0.1, 0.15) is 17.0 Å². The fourth-order valence-corrected chi connectivity index (χ4v) is 3.76. The van der Waals surface area contributed by atoms with Gasteiger partial charge < -0.3 is 9.84 Å². The average molecular weight is 369 g/mol. The Morgan fingerprint density at radius 2 is 2.04 bits per heavy atom. The summed E-state index contributed by atoms with van der Waals surface area (Å²) >= 11 is 0. The van der Waals surface area contributed by atoms with Crippen LogP contribution in [0, 0.1) is 0 Å². The van der Waals surface area contributed by atoms with E-state index in [1.54, 1.807) is 36.9 Å². The molecule has 1 saturated heterocycles. The fraction of sp³-hybridized carbons (Fsp3) is 0.381. The number of likely N-dealkylation sites (tertiary alicyclic amines) is 1. The second kappa shape index (κ2) is 7.12. The molecule has 0 radical (unpaired) electrons. The fourth-order valence-electron chi connectivity index (χ4n) is 3.76. The third kappa shape index (κ3) is 3.21. The summed E-state index contributed by atoms with van der Waals surface area (Å²) in [5.41, 5.74) is 1.83. The van der Waals surface area contributed by atoms with E-state index in [1.165, 1.54) is 4.57 Å². The van der Waals surface area contributed by atoms with Crippen molar-refractivity contribution in [3.8, 4) is 11.5 Å². The summed E-state index contributed by atoms with van der Waals surface area (Å²) in [5, 5.41) is 10.2. The normalized spacial score (nSPS) is 24.6. The molecule has 4 rings (SSSR count). The molecule has 3 atom stereocenters. The molecule has 142 valence electrons. The molecule has 1 N–H and O–H groups in total. The van der Waals surface area contributed by atoms with Crippen molar-refractivity contribution in [3.05, 3.63) is 58.5 Å². The Bertz CT molecular complexity index is 1080. The van der Waals surface area contributed by atoms with Gasteiger partial charge in [-0.05, 0) is 49.2 Å². The number of phenolic OH excluding ortho intramolecular Hbond substituents is 1. The van der Waals surface area contributed by atoms with E-state index in [9.17, 15) is 9.90 Å². The zero-order valence-corrected chi connectivity index (χ0v) is 15.5. The zero-order chi connectivity index (χ0) is 20.7. The van der Waals surface area contributed by atoms with E-state index in [0.717, 1.165) is 11.3 Å². The maximum Gasteiger partial charge on any atom is 0.329 e. The number of aryl methyl sites for hydroxylation is 1. The van der Waals surface area contributed by atoms with E-state index >= 15 is 0 Å². The van der Waals surface area contributed by atoms with Crippen molar-refractivity contribution in [1.82, 2.24) is 14.0 Å². The third-order valence-electron chi connectivity index (χ3n) is 5.13. The van der Waals surface area contributed by atoms with Crippen LogP contribution in [0.4, 0.5) is 0 Å². The maximum atomic E-state index is 13.0. The van der Waals surface area contributed by atoms with Crippen molar-refractivity contribution in [2.75, 3.05) is 20.2 Å². The Hall–Kier alpha value is -2.73. The van der Waals surface area contributed by atoms with Crippen LogP contribution >= 0.6 is 0 Å².